The Morgan fingerprint density at radius 1 is 1.35 bits per heavy atom. The van der Waals surface area contributed by atoms with Crippen molar-refractivity contribution in [2.45, 2.75) is 37.8 Å². The highest BCUT2D eigenvalue weighted by Gasteiger charge is 2.33. The topological polar surface area (TPSA) is 44.3 Å². The lowest BCUT2D eigenvalue weighted by molar-refractivity contribution is -0.0314. The maximum atomic E-state index is 10.0. The van der Waals surface area contributed by atoms with Gasteiger partial charge in [-0.05, 0) is 36.8 Å². The first-order valence-electron chi connectivity index (χ1n) is 6.55. The van der Waals surface area contributed by atoms with Crippen molar-refractivity contribution < 1.29 is 5.11 Å². The van der Waals surface area contributed by atoms with Crippen molar-refractivity contribution in [2.75, 3.05) is 18.4 Å². The summed E-state index contributed by atoms with van der Waals surface area (Å²) in [5.74, 6) is 0. The van der Waals surface area contributed by atoms with Gasteiger partial charge in [0.2, 0.25) is 0 Å². The third-order valence-corrected chi connectivity index (χ3v) is 3.99. The van der Waals surface area contributed by atoms with Gasteiger partial charge in [0.1, 0.15) is 0 Å². The number of hydrogen-bond donors (Lipinski definition) is 3. The van der Waals surface area contributed by atoms with E-state index in [1.54, 1.807) is 0 Å². The minimum Gasteiger partial charge on any atom is -0.389 e. The number of aliphatic hydroxyl groups is 1. The normalized spacial score (nSPS) is 20.5. The van der Waals surface area contributed by atoms with Crippen molar-refractivity contribution in [2.24, 2.45) is 0 Å². The van der Waals surface area contributed by atoms with E-state index in [1.807, 2.05) is 0 Å². The Hall–Kier alpha value is -1.06. The zero-order chi connectivity index (χ0) is 11.7. The molecule has 0 unspecified atom stereocenters. The maximum Gasteiger partial charge on any atom is 0.0771 e. The van der Waals surface area contributed by atoms with E-state index in [0.717, 1.165) is 38.9 Å². The van der Waals surface area contributed by atoms with Crippen LogP contribution in [0.4, 0.5) is 5.69 Å². The summed E-state index contributed by atoms with van der Waals surface area (Å²) in [5.41, 5.74) is 3.63. The van der Waals surface area contributed by atoms with Gasteiger partial charge in [-0.15, -0.1) is 0 Å². The van der Waals surface area contributed by atoms with Gasteiger partial charge < -0.3 is 15.7 Å². The summed E-state index contributed by atoms with van der Waals surface area (Å²) in [6.07, 6.45) is 4.20. The van der Waals surface area contributed by atoms with Crippen molar-refractivity contribution >= 4 is 5.69 Å². The number of rotatable bonds is 4. The quantitative estimate of drug-likeness (QED) is 0.739. The number of fused-ring (bicyclic) bond motifs is 1. The molecule has 1 aromatic carbocycles. The van der Waals surface area contributed by atoms with E-state index in [9.17, 15) is 5.11 Å². The van der Waals surface area contributed by atoms with Crippen LogP contribution in [0, 0.1) is 0 Å². The summed E-state index contributed by atoms with van der Waals surface area (Å²) in [6, 6.07) is 6.48. The minimum absolute atomic E-state index is 0.425. The number of para-hydroxylation sites is 1. The van der Waals surface area contributed by atoms with Gasteiger partial charge in [-0.3, -0.25) is 0 Å². The van der Waals surface area contributed by atoms with Crippen LogP contribution in [0.25, 0.3) is 0 Å². The number of nitrogens with one attached hydrogen (secondary N) is 2. The standard InChI is InChI=1S/C14H20N2O/c17-14(6-2-7-14)10-15-9-12-4-1-3-11-5-8-16-13(11)12/h1,3-4,15-17H,2,5-10H2. The Labute approximate surface area is 102 Å². The predicted molar refractivity (Wildman–Crippen MR) is 69.1 cm³/mol. The summed E-state index contributed by atoms with van der Waals surface area (Å²) < 4.78 is 0. The summed E-state index contributed by atoms with van der Waals surface area (Å²) in [6.45, 7) is 2.62. The number of benzene rings is 1. The zero-order valence-corrected chi connectivity index (χ0v) is 10.1. The van der Waals surface area contributed by atoms with Crippen LogP contribution in [-0.2, 0) is 13.0 Å². The summed E-state index contributed by atoms with van der Waals surface area (Å²) in [5, 5.41) is 16.8. The van der Waals surface area contributed by atoms with Gasteiger partial charge in [0, 0.05) is 25.3 Å². The molecule has 1 aromatic rings. The fraction of sp³-hybridized carbons (Fsp3) is 0.571. The van der Waals surface area contributed by atoms with Gasteiger partial charge in [0.25, 0.3) is 0 Å². The van der Waals surface area contributed by atoms with E-state index in [2.05, 4.69) is 28.8 Å². The van der Waals surface area contributed by atoms with E-state index < -0.39 is 5.60 Å². The fourth-order valence-electron chi connectivity index (χ4n) is 2.75. The molecule has 0 saturated heterocycles. The molecule has 92 valence electrons. The molecule has 3 rings (SSSR count). The molecule has 3 nitrogen and oxygen atoms in total. The van der Waals surface area contributed by atoms with Crippen molar-refractivity contribution in [3.05, 3.63) is 29.3 Å². The van der Waals surface area contributed by atoms with Crippen LogP contribution < -0.4 is 10.6 Å². The molecular weight excluding hydrogens is 212 g/mol. The summed E-state index contributed by atoms with van der Waals surface area (Å²) in [7, 11) is 0. The first-order chi connectivity index (χ1) is 8.27. The van der Waals surface area contributed by atoms with Gasteiger partial charge in [-0.1, -0.05) is 18.2 Å². The third kappa shape index (κ3) is 2.17. The Bertz CT molecular complexity index is 413. The molecule has 3 heteroatoms. The van der Waals surface area contributed by atoms with E-state index in [0.29, 0.717) is 0 Å². The Kier molecular flexibility index (Phi) is 2.81. The lowest BCUT2D eigenvalue weighted by Gasteiger charge is -2.36. The fourth-order valence-corrected chi connectivity index (χ4v) is 2.75. The van der Waals surface area contributed by atoms with Crippen molar-refractivity contribution in [1.82, 2.24) is 5.32 Å². The van der Waals surface area contributed by atoms with Crippen molar-refractivity contribution in [1.29, 1.82) is 0 Å². The minimum atomic E-state index is -0.425. The van der Waals surface area contributed by atoms with Gasteiger partial charge in [-0.25, -0.2) is 0 Å². The molecule has 1 aliphatic heterocycles. The Morgan fingerprint density at radius 2 is 2.24 bits per heavy atom. The number of anilines is 1. The second kappa shape index (κ2) is 4.31. The van der Waals surface area contributed by atoms with Crippen LogP contribution in [0.3, 0.4) is 0 Å². The lowest BCUT2D eigenvalue weighted by Crippen LogP contribution is -2.46. The van der Waals surface area contributed by atoms with Crippen LogP contribution in [0.15, 0.2) is 18.2 Å². The zero-order valence-electron chi connectivity index (χ0n) is 10.1. The van der Waals surface area contributed by atoms with E-state index in [4.69, 9.17) is 0 Å². The molecule has 1 heterocycles. The molecule has 0 atom stereocenters. The molecule has 0 aromatic heterocycles. The van der Waals surface area contributed by atoms with Gasteiger partial charge in [0.05, 0.1) is 5.60 Å². The number of hydrogen-bond acceptors (Lipinski definition) is 3. The lowest BCUT2D eigenvalue weighted by atomic mass is 9.80. The molecule has 2 aliphatic rings. The first kappa shape index (κ1) is 11.1. The van der Waals surface area contributed by atoms with Gasteiger partial charge in [-0.2, -0.15) is 0 Å². The molecule has 1 saturated carbocycles. The molecule has 0 radical (unpaired) electrons. The predicted octanol–water partition coefficient (Wildman–Crippen LogP) is 1.66. The molecule has 0 spiro atoms. The van der Waals surface area contributed by atoms with Crippen LogP contribution in [0.5, 0.6) is 0 Å². The Morgan fingerprint density at radius 3 is 3.00 bits per heavy atom. The molecule has 0 amide bonds. The van der Waals surface area contributed by atoms with Crippen molar-refractivity contribution in [3.63, 3.8) is 0 Å². The van der Waals surface area contributed by atoms with Gasteiger partial charge in [0.15, 0.2) is 0 Å². The van der Waals surface area contributed by atoms with Crippen LogP contribution in [0.2, 0.25) is 0 Å². The molecule has 1 aliphatic carbocycles. The Balaban J connectivity index is 1.60. The smallest absolute Gasteiger partial charge is 0.0771 e. The van der Waals surface area contributed by atoms with Crippen LogP contribution in [-0.4, -0.2) is 23.8 Å². The average molecular weight is 232 g/mol. The molecule has 1 fully saturated rings. The largest absolute Gasteiger partial charge is 0.389 e. The molecule has 17 heavy (non-hydrogen) atoms. The highest BCUT2D eigenvalue weighted by molar-refractivity contribution is 5.61. The molecule has 3 N–H and O–H groups in total. The van der Waals surface area contributed by atoms with Gasteiger partial charge >= 0.3 is 0 Å². The van der Waals surface area contributed by atoms with Crippen LogP contribution >= 0.6 is 0 Å². The second-order valence-electron chi connectivity index (χ2n) is 5.31. The van der Waals surface area contributed by atoms with Crippen LogP contribution in [0.1, 0.15) is 30.4 Å². The van der Waals surface area contributed by atoms with E-state index >= 15 is 0 Å². The summed E-state index contributed by atoms with van der Waals surface area (Å²) >= 11 is 0. The molecule has 0 bridgehead atoms. The second-order valence-corrected chi connectivity index (χ2v) is 5.31. The highest BCUT2D eigenvalue weighted by atomic mass is 16.3. The van der Waals surface area contributed by atoms with E-state index in [1.165, 1.54) is 23.2 Å². The monoisotopic (exact) mass is 232 g/mol. The molecular formula is C14H20N2O. The highest BCUT2D eigenvalue weighted by Crippen LogP contribution is 2.31. The first-order valence-corrected chi connectivity index (χ1v) is 6.55. The maximum absolute atomic E-state index is 10.0. The van der Waals surface area contributed by atoms with Crippen molar-refractivity contribution in [3.8, 4) is 0 Å². The average Bonchev–Trinajstić information content (AvgIpc) is 2.75. The van der Waals surface area contributed by atoms with E-state index in [-0.39, 0.29) is 0 Å². The third-order valence-electron chi connectivity index (χ3n) is 3.99. The summed E-state index contributed by atoms with van der Waals surface area (Å²) in [4.78, 5) is 0. The SMILES string of the molecule is OC1(CNCc2cccc3c2NCC3)CCC1.